The molecule has 0 fully saturated rings. The van der Waals surface area contributed by atoms with E-state index in [1.165, 1.54) is 20.9 Å². The Hall–Kier alpha value is -2.76. The molecule has 37 heavy (non-hydrogen) atoms. The average molecular weight is 529 g/mol. The van der Waals surface area contributed by atoms with Gasteiger partial charge in [0.05, 0.1) is 0 Å². The van der Waals surface area contributed by atoms with Crippen LogP contribution in [-0.2, 0) is 11.1 Å². The first-order valence-corrected chi connectivity index (χ1v) is 14.5. The van der Waals surface area contributed by atoms with Gasteiger partial charge in [-0.2, -0.15) is 0 Å². The van der Waals surface area contributed by atoms with Crippen LogP contribution in [0.5, 0.6) is 5.75 Å². The number of thiophene rings is 2. The van der Waals surface area contributed by atoms with E-state index in [1.807, 2.05) is 24.6 Å². The molecule has 0 radical (unpaired) electrons. The molecule has 192 valence electrons. The molecule has 2 unspecified atom stereocenters. The normalized spacial score (nSPS) is 23.6. The van der Waals surface area contributed by atoms with Gasteiger partial charge in [0, 0.05) is 33.3 Å². The van der Waals surface area contributed by atoms with Crippen LogP contribution in [-0.4, -0.2) is 17.5 Å². The summed E-state index contributed by atoms with van der Waals surface area (Å²) in [6.07, 6.45) is 8.46. The molecule has 0 saturated heterocycles. The summed E-state index contributed by atoms with van der Waals surface area (Å²) in [5, 5.41) is 16.4. The molecule has 0 bridgehead atoms. The molecule has 3 nitrogen and oxygen atoms in total. The Morgan fingerprint density at radius 2 is 1.08 bits per heavy atom. The predicted molar refractivity (Wildman–Crippen MR) is 161 cm³/mol. The summed E-state index contributed by atoms with van der Waals surface area (Å²) in [7, 11) is 0. The highest BCUT2D eigenvalue weighted by molar-refractivity contribution is 7.10. The molecule has 0 amide bonds. The fraction of sp³-hybridized carbons (Fsp3) is 0.375. The lowest BCUT2D eigenvalue weighted by Crippen LogP contribution is -2.38. The Balaban J connectivity index is 1.72. The maximum Gasteiger partial charge on any atom is 0.127 e. The summed E-state index contributed by atoms with van der Waals surface area (Å²) < 4.78 is 0. The van der Waals surface area contributed by atoms with Crippen molar-refractivity contribution in [1.82, 2.24) is 0 Å². The molecule has 0 spiro atoms. The third-order valence-electron chi connectivity index (χ3n) is 8.03. The van der Waals surface area contributed by atoms with E-state index in [0.29, 0.717) is 0 Å². The van der Waals surface area contributed by atoms with Gasteiger partial charge in [-0.1, -0.05) is 59.7 Å². The highest BCUT2D eigenvalue weighted by Crippen LogP contribution is 2.56. The number of aromatic hydroxyl groups is 1. The van der Waals surface area contributed by atoms with Gasteiger partial charge in [0.1, 0.15) is 16.8 Å². The van der Waals surface area contributed by atoms with E-state index in [0.717, 1.165) is 22.3 Å². The lowest BCUT2D eigenvalue weighted by molar-refractivity contribution is 0.231. The van der Waals surface area contributed by atoms with Crippen molar-refractivity contribution in [3.8, 4) is 5.75 Å². The van der Waals surface area contributed by atoms with Crippen LogP contribution in [0.2, 0.25) is 0 Å². The Kier molecular flexibility index (Phi) is 6.04. The minimum absolute atomic E-state index is 0.270. The van der Waals surface area contributed by atoms with Gasteiger partial charge in [0.15, 0.2) is 0 Å². The van der Waals surface area contributed by atoms with Gasteiger partial charge in [-0.25, -0.2) is 0 Å². The van der Waals surface area contributed by atoms with Gasteiger partial charge in [-0.05, 0) is 82.0 Å². The largest absolute Gasteiger partial charge is 0.507 e. The van der Waals surface area contributed by atoms with Gasteiger partial charge in [-0.3, -0.25) is 9.98 Å². The van der Waals surface area contributed by atoms with Crippen molar-refractivity contribution >= 4 is 46.2 Å². The zero-order valence-corrected chi connectivity index (χ0v) is 24.6. The molecule has 0 aliphatic carbocycles. The Labute approximate surface area is 229 Å². The Morgan fingerprint density at radius 1 is 0.676 bits per heavy atom. The first kappa shape index (κ1) is 25.9. The number of aryl methyl sites for hydroxylation is 2. The number of aliphatic imine (C=N–C) groups is 2. The van der Waals surface area contributed by atoms with Crippen LogP contribution in [0, 0.1) is 24.7 Å². The maximum absolute atomic E-state index is 12.1. The first-order chi connectivity index (χ1) is 17.3. The van der Waals surface area contributed by atoms with Crippen LogP contribution in [0.1, 0.15) is 73.6 Å². The second-order valence-corrected chi connectivity index (χ2v) is 14.5. The van der Waals surface area contributed by atoms with Crippen molar-refractivity contribution in [3.05, 3.63) is 85.3 Å². The molecule has 0 saturated carbocycles. The fourth-order valence-corrected chi connectivity index (χ4v) is 7.13. The van der Waals surface area contributed by atoms with Gasteiger partial charge >= 0.3 is 0 Å². The maximum atomic E-state index is 12.1. The second-order valence-electron chi connectivity index (χ2n) is 12.2. The number of hydrogen-bond donors (Lipinski definition) is 1. The van der Waals surface area contributed by atoms with E-state index >= 15 is 0 Å². The third kappa shape index (κ3) is 3.90. The number of para-hydroxylation sites is 1. The van der Waals surface area contributed by atoms with Gasteiger partial charge in [0.25, 0.3) is 0 Å². The molecular formula is C32H36N2OS2. The van der Waals surface area contributed by atoms with Crippen LogP contribution < -0.4 is 0 Å². The molecule has 5 rings (SSSR count). The molecule has 1 N–H and O–H groups in total. The minimum atomic E-state index is -0.700. The lowest BCUT2D eigenvalue weighted by Gasteiger charge is -2.42. The van der Waals surface area contributed by atoms with Gasteiger partial charge in [0.2, 0.25) is 0 Å². The standard InChI is InChI=1S/C32H36N2OS2/c1-20-24(12-14-36-20)22-16-31(33-18-22,29(3,4)5)26-10-9-11-27(28(26)35)32(30(6,7)8)17-23(19-34-32)25-13-15-37-21(25)2/h9-19,35H,1-8H3. The quantitative estimate of drug-likeness (QED) is 0.361. The van der Waals surface area contributed by atoms with E-state index in [-0.39, 0.29) is 16.6 Å². The van der Waals surface area contributed by atoms with Crippen molar-refractivity contribution in [2.75, 3.05) is 0 Å². The number of nitrogens with zero attached hydrogens (tertiary/aromatic N) is 2. The van der Waals surface area contributed by atoms with Crippen molar-refractivity contribution < 1.29 is 5.11 Å². The van der Waals surface area contributed by atoms with Gasteiger partial charge in [-0.15, -0.1) is 22.7 Å². The van der Waals surface area contributed by atoms with Crippen LogP contribution in [0.3, 0.4) is 0 Å². The number of phenols is 1. The zero-order valence-electron chi connectivity index (χ0n) is 23.0. The topological polar surface area (TPSA) is 45.0 Å². The Morgan fingerprint density at radius 3 is 1.41 bits per heavy atom. The molecule has 1 aromatic carbocycles. The molecule has 2 aromatic heterocycles. The summed E-state index contributed by atoms with van der Waals surface area (Å²) >= 11 is 3.49. The fourth-order valence-electron chi connectivity index (χ4n) is 5.69. The molecule has 2 aliphatic heterocycles. The van der Waals surface area contributed by atoms with Crippen LogP contribution in [0.15, 0.2) is 63.2 Å². The molecular weight excluding hydrogens is 492 g/mol. The highest BCUT2D eigenvalue weighted by atomic mass is 32.1. The van der Waals surface area contributed by atoms with E-state index < -0.39 is 11.1 Å². The van der Waals surface area contributed by atoms with Crippen LogP contribution >= 0.6 is 22.7 Å². The molecule has 5 heteroatoms. The van der Waals surface area contributed by atoms with E-state index in [9.17, 15) is 5.11 Å². The van der Waals surface area contributed by atoms with Crippen LogP contribution in [0.4, 0.5) is 0 Å². The molecule has 2 atom stereocenters. The van der Waals surface area contributed by atoms with Crippen molar-refractivity contribution in [2.45, 2.75) is 66.5 Å². The predicted octanol–water partition coefficient (Wildman–Crippen LogP) is 8.95. The Bertz CT molecular complexity index is 1380. The smallest absolute Gasteiger partial charge is 0.127 e. The third-order valence-corrected chi connectivity index (χ3v) is 9.72. The van der Waals surface area contributed by atoms with Crippen molar-refractivity contribution in [3.63, 3.8) is 0 Å². The number of benzene rings is 1. The van der Waals surface area contributed by atoms with E-state index in [1.54, 1.807) is 22.7 Å². The zero-order chi connectivity index (χ0) is 26.8. The lowest BCUT2D eigenvalue weighted by atomic mass is 9.65. The highest BCUT2D eigenvalue weighted by Gasteiger charge is 2.50. The van der Waals surface area contributed by atoms with E-state index in [4.69, 9.17) is 9.98 Å². The summed E-state index contributed by atoms with van der Waals surface area (Å²) in [5.74, 6) is 0.278. The SMILES string of the molecule is Cc1sccc1C1=CC(c2cccc(C3(C(C)(C)C)C=C(c4ccsc4C)C=N3)c2O)(C(C)(C)C)N=C1. The number of rotatable bonds is 4. The van der Waals surface area contributed by atoms with Crippen molar-refractivity contribution in [1.29, 1.82) is 0 Å². The summed E-state index contributed by atoms with van der Waals surface area (Å²) in [4.78, 5) is 12.8. The summed E-state index contributed by atoms with van der Waals surface area (Å²) in [5.41, 5.74) is 4.34. The molecule has 4 heterocycles. The minimum Gasteiger partial charge on any atom is -0.507 e. The monoisotopic (exact) mass is 528 g/mol. The van der Waals surface area contributed by atoms with E-state index in [2.05, 4.69) is 96.5 Å². The number of allylic oxidation sites excluding steroid dienone is 2. The molecule has 2 aliphatic rings. The number of hydrogen-bond acceptors (Lipinski definition) is 5. The second kappa shape index (κ2) is 8.64. The number of phenolic OH excluding ortho intramolecular Hbond substituents is 1. The summed E-state index contributed by atoms with van der Waals surface area (Å²) in [6, 6.07) is 10.4. The first-order valence-electron chi connectivity index (χ1n) is 12.8. The van der Waals surface area contributed by atoms with Gasteiger partial charge < -0.3 is 5.11 Å². The van der Waals surface area contributed by atoms with Crippen molar-refractivity contribution in [2.24, 2.45) is 20.8 Å². The summed E-state index contributed by atoms with van der Waals surface area (Å²) in [6.45, 7) is 17.5. The molecule has 3 aromatic rings. The van der Waals surface area contributed by atoms with Crippen LogP contribution in [0.25, 0.3) is 11.1 Å². The average Bonchev–Trinajstić information content (AvgIpc) is 3.58.